The van der Waals surface area contributed by atoms with Gasteiger partial charge in [-0.3, -0.25) is 0 Å². The Morgan fingerprint density at radius 2 is 1.90 bits per heavy atom. The van der Waals surface area contributed by atoms with Gasteiger partial charge in [0.1, 0.15) is 23.1 Å². The van der Waals surface area contributed by atoms with Crippen LogP contribution in [0.15, 0.2) is 47.4 Å². The average Bonchev–Trinajstić information content (AvgIpc) is 2.75. The molecule has 1 aliphatic heterocycles. The minimum atomic E-state index is -3.73. The smallest absolute Gasteiger partial charge is 0.409 e. The minimum Gasteiger partial charge on any atom is -0.456 e. The van der Waals surface area contributed by atoms with Crippen LogP contribution in [0.3, 0.4) is 0 Å². The zero-order valence-electron chi connectivity index (χ0n) is 16.9. The van der Waals surface area contributed by atoms with Crippen molar-refractivity contribution in [2.45, 2.75) is 30.7 Å². The lowest BCUT2D eigenvalue weighted by Crippen LogP contribution is -2.46. The number of carbonyl (C=O) groups is 1. The van der Waals surface area contributed by atoms with Crippen LogP contribution in [0.1, 0.15) is 25.3 Å². The maximum atomic E-state index is 12.7. The number of likely N-dealkylation sites (tertiary alicyclic amines) is 1. The van der Waals surface area contributed by atoms with Crippen molar-refractivity contribution in [3.63, 3.8) is 0 Å². The molecular weight excluding hydrogens is 442 g/mol. The first-order valence-electron chi connectivity index (χ1n) is 9.74. The van der Waals surface area contributed by atoms with E-state index in [2.05, 4.69) is 4.72 Å². The lowest BCUT2D eigenvalue weighted by Gasteiger charge is -2.31. The standard InChI is InChI=1S/C21H22ClN3O5S/c1-2-29-21(26)25-12-10-15(11-13-25)24-31(27,28)17-8-6-16(7-9-17)30-20-5-3-4-19(22)18(20)14-23/h3-9,15,24H,2,10-13H2,1H3. The van der Waals surface area contributed by atoms with Crippen molar-refractivity contribution in [3.8, 4) is 17.6 Å². The average molecular weight is 464 g/mol. The van der Waals surface area contributed by atoms with Crippen LogP contribution < -0.4 is 9.46 Å². The maximum Gasteiger partial charge on any atom is 0.409 e. The summed E-state index contributed by atoms with van der Waals surface area (Å²) in [4.78, 5) is 13.4. The third-order valence-corrected chi connectivity index (χ3v) is 6.64. The van der Waals surface area contributed by atoms with Crippen LogP contribution in [0.25, 0.3) is 0 Å². The van der Waals surface area contributed by atoms with E-state index in [0.29, 0.717) is 38.3 Å². The number of ether oxygens (including phenoxy) is 2. The SMILES string of the molecule is CCOC(=O)N1CCC(NS(=O)(=O)c2ccc(Oc3cccc(Cl)c3C#N)cc2)CC1. The minimum absolute atomic E-state index is 0.0965. The monoisotopic (exact) mass is 463 g/mol. The van der Waals surface area contributed by atoms with Gasteiger partial charge in [0.25, 0.3) is 0 Å². The second-order valence-electron chi connectivity index (χ2n) is 6.88. The van der Waals surface area contributed by atoms with Crippen LogP contribution in [0.4, 0.5) is 4.79 Å². The van der Waals surface area contributed by atoms with E-state index in [4.69, 9.17) is 21.1 Å². The van der Waals surface area contributed by atoms with Crippen LogP contribution >= 0.6 is 11.6 Å². The van der Waals surface area contributed by atoms with Gasteiger partial charge in [0.05, 0.1) is 16.5 Å². The highest BCUT2D eigenvalue weighted by molar-refractivity contribution is 7.89. The van der Waals surface area contributed by atoms with Crippen LogP contribution in [0.2, 0.25) is 5.02 Å². The Morgan fingerprint density at radius 3 is 2.52 bits per heavy atom. The molecule has 3 rings (SSSR count). The molecule has 1 fully saturated rings. The maximum absolute atomic E-state index is 12.7. The van der Waals surface area contributed by atoms with E-state index < -0.39 is 10.0 Å². The molecule has 31 heavy (non-hydrogen) atoms. The van der Waals surface area contributed by atoms with Crippen molar-refractivity contribution in [1.82, 2.24) is 9.62 Å². The first kappa shape index (κ1) is 22.9. The number of amides is 1. The first-order valence-corrected chi connectivity index (χ1v) is 11.6. The number of piperidine rings is 1. The van der Waals surface area contributed by atoms with Gasteiger partial charge in [-0.2, -0.15) is 5.26 Å². The Kier molecular flexibility index (Phi) is 7.38. The zero-order valence-corrected chi connectivity index (χ0v) is 18.4. The molecular formula is C21H22ClN3O5S. The predicted molar refractivity (Wildman–Crippen MR) is 115 cm³/mol. The molecule has 0 saturated carbocycles. The summed E-state index contributed by atoms with van der Waals surface area (Å²) in [6.45, 7) is 2.91. The lowest BCUT2D eigenvalue weighted by atomic mass is 10.1. The van der Waals surface area contributed by atoms with Crippen molar-refractivity contribution in [2.24, 2.45) is 0 Å². The van der Waals surface area contributed by atoms with Gasteiger partial charge in [0.15, 0.2) is 0 Å². The summed E-state index contributed by atoms with van der Waals surface area (Å²) < 4.78 is 38.8. The van der Waals surface area contributed by atoms with E-state index >= 15 is 0 Å². The van der Waals surface area contributed by atoms with Gasteiger partial charge in [-0.05, 0) is 56.2 Å². The second-order valence-corrected chi connectivity index (χ2v) is 9.00. The number of nitrogens with one attached hydrogen (secondary N) is 1. The third kappa shape index (κ3) is 5.67. The van der Waals surface area contributed by atoms with Crippen molar-refractivity contribution >= 4 is 27.7 Å². The van der Waals surface area contributed by atoms with Gasteiger partial charge < -0.3 is 14.4 Å². The molecule has 0 atom stereocenters. The molecule has 1 heterocycles. The summed E-state index contributed by atoms with van der Waals surface area (Å²) in [6.07, 6.45) is 0.634. The Morgan fingerprint density at radius 1 is 1.23 bits per heavy atom. The fourth-order valence-corrected chi connectivity index (χ4v) is 4.71. The Balaban J connectivity index is 1.62. The van der Waals surface area contributed by atoms with Crippen molar-refractivity contribution in [3.05, 3.63) is 53.1 Å². The summed E-state index contributed by atoms with van der Waals surface area (Å²) in [5, 5.41) is 9.50. The lowest BCUT2D eigenvalue weighted by molar-refractivity contribution is 0.0966. The molecule has 0 radical (unpaired) electrons. The topological polar surface area (TPSA) is 109 Å². The number of nitriles is 1. The van der Waals surface area contributed by atoms with Crippen LogP contribution in [0, 0.1) is 11.3 Å². The highest BCUT2D eigenvalue weighted by atomic mass is 35.5. The zero-order chi connectivity index (χ0) is 22.4. The molecule has 8 nitrogen and oxygen atoms in total. The molecule has 1 saturated heterocycles. The Labute approximate surface area is 186 Å². The number of hydrogen-bond donors (Lipinski definition) is 1. The highest BCUT2D eigenvalue weighted by Gasteiger charge is 2.27. The molecule has 0 unspecified atom stereocenters. The Bertz CT molecular complexity index is 1080. The van der Waals surface area contributed by atoms with Gasteiger partial charge in [0.2, 0.25) is 10.0 Å². The molecule has 2 aromatic carbocycles. The van der Waals surface area contributed by atoms with E-state index in [0.717, 1.165) is 0 Å². The molecule has 10 heteroatoms. The van der Waals surface area contributed by atoms with E-state index in [1.54, 1.807) is 30.0 Å². The molecule has 2 aromatic rings. The van der Waals surface area contributed by atoms with Crippen LogP contribution in [-0.2, 0) is 14.8 Å². The normalized spacial score (nSPS) is 14.7. The number of rotatable bonds is 6. The molecule has 0 aromatic heterocycles. The van der Waals surface area contributed by atoms with Gasteiger partial charge in [-0.25, -0.2) is 17.9 Å². The van der Waals surface area contributed by atoms with Gasteiger partial charge >= 0.3 is 6.09 Å². The van der Waals surface area contributed by atoms with Crippen molar-refractivity contribution in [1.29, 1.82) is 5.26 Å². The molecule has 1 N–H and O–H groups in total. The van der Waals surface area contributed by atoms with Gasteiger partial charge in [-0.1, -0.05) is 17.7 Å². The molecule has 0 aliphatic carbocycles. The molecule has 1 aliphatic rings. The molecule has 0 bridgehead atoms. The predicted octanol–water partition coefficient (Wildman–Crippen LogP) is 3.90. The molecule has 164 valence electrons. The number of nitrogens with zero attached hydrogens (tertiary/aromatic N) is 2. The summed E-state index contributed by atoms with van der Waals surface area (Å²) >= 11 is 6.00. The summed E-state index contributed by atoms with van der Waals surface area (Å²) in [5.74, 6) is 0.664. The van der Waals surface area contributed by atoms with E-state index in [1.807, 2.05) is 6.07 Å². The number of carbonyl (C=O) groups excluding carboxylic acids is 1. The number of halogens is 1. The van der Waals surface area contributed by atoms with Crippen LogP contribution in [-0.4, -0.2) is 45.1 Å². The van der Waals surface area contributed by atoms with E-state index in [9.17, 15) is 18.5 Å². The van der Waals surface area contributed by atoms with Crippen LogP contribution in [0.5, 0.6) is 11.5 Å². The fourth-order valence-electron chi connectivity index (χ4n) is 3.19. The molecule has 1 amide bonds. The highest BCUT2D eigenvalue weighted by Crippen LogP contribution is 2.30. The van der Waals surface area contributed by atoms with E-state index in [-0.39, 0.29) is 33.4 Å². The van der Waals surface area contributed by atoms with Crippen molar-refractivity contribution < 1.29 is 22.7 Å². The number of hydrogen-bond acceptors (Lipinski definition) is 6. The fraction of sp³-hybridized carbons (Fsp3) is 0.333. The van der Waals surface area contributed by atoms with Gasteiger partial charge in [0, 0.05) is 19.1 Å². The summed E-state index contributed by atoms with van der Waals surface area (Å²) in [6, 6.07) is 12.5. The largest absolute Gasteiger partial charge is 0.456 e. The summed E-state index contributed by atoms with van der Waals surface area (Å²) in [5.41, 5.74) is 0.205. The van der Waals surface area contributed by atoms with Gasteiger partial charge in [-0.15, -0.1) is 0 Å². The second kappa shape index (κ2) is 10.0. The molecule has 0 spiro atoms. The Hall–Kier alpha value is -2.80. The van der Waals surface area contributed by atoms with Crippen molar-refractivity contribution in [2.75, 3.05) is 19.7 Å². The quantitative estimate of drug-likeness (QED) is 0.695. The first-order chi connectivity index (χ1) is 14.8. The van der Waals surface area contributed by atoms with E-state index in [1.165, 1.54) is 24.3 Å². The number of sulfonamides is 1. The third-order valence-electron chi connectivity index (χ3n) is 4.79. The summed E-state index contributed by atoms with van der Waals surface area (Å²) in [7, 11) is -3.73. The number of benzene rings is 2.